The third-order valence-electron chi connectivity index (χ3n) is 2.92. The van der Waals surface area contributed by atoms with Crippen LogP contribution in [0.5, 0.6) is 0 Å². The molecule has 4 heteroatoms. The Balaban J connectivity index is 2.92. The molecule has 0 saturated heterocycles. The van der Waals surface area contributed by atoms with Gasteiger partial charge in [0.1, 0.15) is 0 Å². The molecule has 0 atom stereocenters. The van der Waals surface area contributed by atoms with Crippen LogP contribution in [0.2, 0.25) is 0 Å². The molecule has 0 aliphatic carbocycles. The van der Waals surface area contributed by atoms with E-state index in [9.17, 15) is 8.42 Å². The lowest BCUT2D eigenvalue weighted by atomic mass is 10.1. The molecule has 0 aliphatic rings. The van der Waals surface area contributed by atoms with Gasteiger partial charge in [0, 0.05) is 13.6 Å². The first-order valence-electron chi connectivity index (χ1n) is 5.76. The van der Waals surface area contributed by atoms with Gasteiger partial charge in [-0.25, -0.2) is 12.7 Å². The molecule has 0 bridgehead atoms. The lowest BCUT2D eigenvalue weighted by Crippen LogP contribution is -2.32. The van der Waals surface area contributed by atoms with E-state index >= 15 is 0 Å². The Morgan fingerprint density at radius 3 is 2.29 bits per heavy atom. The zero-order valence-electron chi connectivity index (χ0n) is 11.2. The molecular formula is C13H21NO2S. The van der Waals surface area contributed by atoms with E-state index in [2.05, 4.69) is 6.07 Å². The maximum Gasteiger partial charge on any atom is 0.216 e. The smallest absolute Gasteiger partial charge is 0.212 e. The van der Waals surface area contributed by atoms with E-state index in [1.807, 2.05) is 26.0 Å². The summed E-state index contributed by atoms with van der Waals surface area (Å²) in [5.74, 6) is 0. The van der Waals surface area contributed by atoms with E-state index in [1.54, 1.807) is 20.9 Å². The van der Waals surface area contributed by atoms with Crippen LogP contribution in [0.4, 0.5) is 0 Å². The van der Waals surface area contributed by atoms with Crippen molar-refractivity contribution in [1.29, 1.82) is 0 Å². The van der Waals surface area contributed by atoms with Crippen molar-refractivity contribution in [3.8, 4) is 0 Å². The molecule has 96 valence electrons. The number of hydrogen-bond donors (Lipinski definition) is 0. The van der Waals surface area contributed by atoms with Crippen LogP contribution in [-0.2, 0) is 16.6 Å². The number of nitrogens with zero attached hydrogens (tertiary/aromatic N) is 1. The summed E-state index contributed by atoms with van der Waals surface area (Å²) >= 11 is 0. The van der Waals surface area contributed by atoms with Crippen LogP contribution in [0.15, 0.2) is 18.2 Å². The average molecular weight is 255 g/mol. The van der Waals surface area contributed by atoms with Gasteiger partial charge >= 0.3 is 0 Å². The van der Waals surface area contributed by atoms with Gasteiger partial charge in [0.05, 0.1) is 5.25 Å². The van der Waals surface area contributed by atoms with Crippen LogP contribution in [0.1, 0.15) is 30.5 Å². The highest BCUT2D eigenvalue weighted by Crippen LogP contribution is 2.15. The van der Waals surface area contributed by atoms with E-state index in [4.69, 9.17) is 0 Å². The van der Waals surface area contributed by atoms with Gasteiger partial charge < -0.3 is 0 Å². The Morgan fingerprint density at radius 1 is 1.24 bits per heavy atom. The number of sulfonamides is 1. The zero-order valence-corrected chi connectivity index (χ0v) is 12.0. The van der Waals surface area contributed by atoms with Crippen molar-refractivity contribution in [2.75, 3.05) is 7.05 Å². The lowest BCUT2D eigenvalue weighted by Gasteiger charge is -2.20. The van der Waals surface area contributed by atoms with E-state index in [1.165, 1.54) is 9.87 Å². The molecule has 0 amide bonds. The average Bonchev–Trinajstić information content (AvgIpc) is 2.21. The largest absolute Gasteiger partial charge is 0.216 e. The van der Waals surface area contributed by atoms with Crippen LogP contribution in [0.25, 0.3) is 0 Å². The Hall–Kier alpha value is -0.870. The number of rotatable bonds is 4. The summed E-state index contributed by atoms with van der Waals surface area (Å²) < 4.78 is 25.3. The highest BCUT2D eigenvalue weighted by molar-refractivity contribution is 7.89. The van der Waals surface area contributed by atoms with Gasteiger partial charge in [0.2, 0.25) is 10.0 Å². The van der Waals surface area contributed by atoms with Gasteiger partial charge in [-0.2, -0.15) is 0 Å². The third kappa shape index (κ3) is 3.30. The Labute approximate surface area is 105 Å². The Morgan fingerprint density at radius 2 is 1.82 bits per heavy atom. The Kier molecular flexibility index (Phi) is 4.33. The zero-order chi connectivity index (χ0) is 13.2. The molecule has 0 saturated carbocycles. The number of benzene rings is 1. The standard InChI is InChI=1S/C13H21NO2S/c1-10(2)17(15,16)14(5)9-13-7-6-11(3)8-12(13)4/h6-8,10H,9H2,1-5H3. The Bertz CT molecular complexity index is 492. The molecule has 0 unspecified atom stereocenters. The minimum atomic E-state index is -3.17. The summed E-state index contributed by atoms with van der Waals surface area (Å²) in [6.07, 6.45) is 0. The highest BCUT2D eigenvalue weighted by atomic mass is 32.2. The second-order valence-corrected chi connectivity index (χ2v) is 7.38. The first kappa shape index (κ1) is 14.2. The molecule has 0 radical (unpaired) electrons. The molecule has 1 aromatic carbocycles. The molecule has 0 N–H and O–H groups in total. The summed E-state index contributed by atoms with van der Waals surface area (Å²) in [6.45, 7) is 7.89. The van der Waals surface area contributed by atoms with Crippen molar-refractivity contribution in [3.05, 3.63) is 34.9 Å². The van der Waals surface area contributed by atoms with E-state index < -0.39 is 10.0 Å². The minimum absolute atomic E-state index is 0.377. The van der Waals surface area contributed by atoms with Gasteiger partial charge in [-0.1, -0.05) is 23.8 Å². The van der Waals surface area contributed by atoms with Gasteiger partial charge in [-0.15, -0.1) is 0 Å². The summed E-state index contributed by atoms with van der Waals surface area (Å²) in [7, 11) is -1.54. The fourth-order valence-corrected chi connectivity index (χ4v) is 2.75. The molecule has 0 heterocycles. The molecule has 1 rings (SSSR count). The molecule has 3 nitrogen and oxygen atoms in total. The van der Waals surface area contributed by atoms with Crippen LogP contribution >= 0.6 is 0 Å². The molecule has 0 spiro atoms. The van der Waals surface area contributed by atoms with Gasteiger partial charge in [-0.05, 0) is 38.8 Å². The van der Waals surface area contributed by atoms with Crippen molar-refractivity contribution in [2.24, 2.45) is 0 Å². The molecule has 17 heavy (non-hydrogen) atoms. The van der Waals surface area contributed by atoms with E-state index in [0.29, 0.717) is 6.54 Å². The quantitative estimate of drug-likeness (QED) is 0.829. The summed E-state index contributed by atoms with van der Waals surface area (Å²) in [4.78, 5) is 0. The summed E-state index contributed by atoms with van der Waals surface area (Å²) in [5, 5.41) is -0.377. The first-order valence-corrected chi connectivity index (χ1v) is 7.26. The number of aryl methyl sites for hydroxylation is 2. The van der Waals surface area contributed by atoms with Crippen LogP contribution in [0, 0.1) is 13.8 Å². The number of hydrogen-bond acceptors (Lipinski definition) is 2. The van der Waals surface area contributed by atoms with Crippen LogP contribution < -0.4 is 0 Å². The topological polar surface area (TPSA) is 37.4 Å². The van der Waals surface area contributed by atoms with Gasteiger partial charge in [-0.3, -0.25) is 0 Å². The SMILES string of the molecule is Cc1ccc(CN(C)S(=O)(=O)C(C)C)c(C)c1. The predicted molar refractivity (Wildman–Crippen MR) is 71.4 cm³/mol. The summed E-state index contributed by atoms with van der Waals surface area (Å²) in [5.41, 5.74) is 3.39. The van der Waals surface area contributed by atoms with E-state index in [0.717, 1.165) is 11.1 Å². The van der Waals surface area contributed by atoms with Gasteiger partial charge in [0.15, 0.2) is 0 Å². The molecule has 0 aliphatic heterocycles. The fraction of sp³-hybridized carbons (Fsp3) is 0.538. The molecule has 0 fully saturated rings. The maximum absolute atomic E-state index is 11.9. The lowest BCUT2D eigenvalue weighted by molar-refractivity contribution is 0.459. The van der Waals surface area contributed by atoms with Crippen molar-refractivity contribution >= 4 is 10.0 Å². The predicted octanol–water partition coefficient (Wildman–Crippen LogP) is 2.47. The summed E-state index contributed by atoms with van der Waals surface area (Å²) in [6, 6.07) is 6.08. The van der Waals surface area contributed by atoms with Crippen molar-refractivity contribution in [3.63, 3.8) is 0 Å². The van der Waals surface area contributed by atoms with Crippen LogP contribution in [-0.4, -0.2) is 25.0 Å². The minimum Gasteiger partial charge on any atom is -0.212 e. The second kappa shape index (κ2) is 5.19. The van der Waals surface area contributed by atoms with Crippen molar-refractivity contribution in [1.82, 2.24) is 4.31 Å². The van der Waals surface area contributed by atoms with Gasteiger partial charge in [0.25, 0.3) is 0 Å². The fourth-order valence-electron chi connectivity index (χ4n) is 1.71. The second-order valence-electron chi connectivity index (χ2n) is 4.78. The third-order valence-corrected chi connectivity index (χ3v) is 5.11. The molecule has 1 aromatic rings. The highest BCUT2D eigenvalue weighted by Gasteiger charge is 2.22. The molecular weight excluding hydrogens is 234 g/mol. The maximum atomic E-state index is 11.9. The van der Waals surface area contributed by atoms with Crippen LogP contribution in [0.3, 0.4) is 0 Å². The first-order chi connectivity index (χ1) is 7.75. The van der Waals surface area contributed by atoms with Crippen molar-refractivity contribution in [2.45, 2.75) is 39.5 Å². The van der Waals surface area contributed by atoms with E-state index in [-0.39, 0.29) is 5.25 Å². The van der Waals surface area contributed by atoms with Crippen molar-refractivity contribution < 1.29 is 8.42 Å². The monoisotopic (exact) mass is 255 g/mol. The molecule has 0 aromatic heterocycles. The normalized spacial score (nSPS) is 12.4.